The van der Waals surface area contributed by atoms with Crippen molar-refractivity contribution >= 4 is 85.8 Å². The standard InChI is InChI=1S/C23H17Cl2NO4.CH2I2/c24-17-7-5-16(19(25)11-17)12-29-21-8-6-15(23(27)28)10-22(21)30-13-18-9-14-3-1-2-4-20(14)26-18;2-1-3/h1-8,10-11H,9,12-13H2,(H,27,28);1H2. The zero-order valence-corrected chi connectivity index (χ0v) is 23.1. The van der Waals surface area contributed by atoms with E-state index in [1.165, 1.54) is 14.6 Å². The Balaban J connectivity index is 0.000000968. The van der Waals surface area contributed by atoms with Crippen LogP contribution in [0.3, 0.4) is 0 Å². The van der Waals surface area contributed by atoms with Gasteiger partial charge in [-0.25, -0.2) is 4.79 Å². The lowest BCUT2D eigenvalue weighted by atomic mass is 10.1. The van der Waals surface area contributed by atoms with Crippen molar-refractivity contribution in [2.24, 2.45) is 4.99 Å². The van der Waals surface area contributed by atoms with Gasteiger partial charge in [0.05, 0.1) is 19.4 Å². The van der Waals surface area contributed by atoms with Crippen LogP contribution in [-0.2, 0) is 13.0 Å². The molecule has 0 unspecified atom stereocenters. The third-order valence-electron chi connectivity index (χ3n) is 4.65. The predicted molar refractivity (Wildman–Crippen MR) is 150 cm³/mol. The number of para-hydroxylation sites is 1. The van der Waals surface area contributed by atoms with Gasteiger partial charge in [0.15, 0.2) is 11.5 Å². The van der Waals surface area contributed by atoms with E-state index >= 15 is 0 Å². The van der Waals surface area contributed by atoms with Crippen LogP contribution in [0.1, 0.15) is 21.5 Å². The second kappa shape index (κ2) is 12.8. The number of halogens is 4. The lowest BCUT2D eigenvalue weighted by molar-refractivity contribution is 0.0696. The molecule has 33 heavy (non-hydrogen) atoms. The first kappa shape index (κ1) is 26.1. The largest absolute Gasteiger partial charge is 0.485 e. The molecule has 1 aliphatic rings. The minimum Gasteiger partial charge on any atom is -0.485 e. The Kier molecular flexibility index (Phi) is 10.1. The van der Waals surface area contributed by atoms with E-state index in [0.717, 1.165) is 22.5 Å². The molecule has 0 spiro atoms. The van der Waals surface area contributed by atoms with Crippen LogP contribution >= 0.6 is 68.4 Å². The number of aromatic carboxylic acids is 1. The third kappa shape index (κ3) is 7.46. The molecular formula is C24H19Cl2I2NO4. The monoisotopic (exact) mass is 709 g/mol. The predicted octanol–water partition coefficient (Wildman–Crippen LogP) is 7.79. The SMILES string of the molecule is ICI.O=C(O)c1ccc(OCc2ccc(Cl)cc2Cl)c(OCC2=Nc3ccccc3C2)c1. The van der Waals surface area contributed by atoms with Crippen molar-refractivity contribution in [2.75, 3.05) is 9.04 Å². The maximum absolute atomic E-state index is 11.4. The number of fused-ring (bicyclic) bond motifs is 1. The van der Waals surface area contributed by atoms with Gasteiger partial charge in [-0.3, -0.25) is 4.99 Å². The van der Waals surface area contributed by atoms with E-state index in [-0.39, 0.29) is 18.8 Å². The molecule has 3 aromatic carbocycles. The molecule has 1 aliphatic heterocycles. The molecule has 4 rings (SSSR count). The van der Waals surface area contributed by atoms with Crippen molar-refractivity contribution < 1.29 is 19.4 Å². The van der Waals surface area contributed by atoms with Crippen molar-refractivity contribution in [3.8, 4) is 11.5 Å². The number of rotatable bonds is 7. The maximum Gasteiger partial charge on any atom is 0.335 e. The Bertz CT molecular complexity index is 1170. The molecule has 0 fully saturated rings. The summed E-state index contributed by atoms with van der Waals surface area (Å²) in [6, 6.07) is 17.5. The molecular weight excluding hydrogens is 691 g/mol. The van der Waals surface area contributed by atoms with Gasteiger partial charge in [-0.15, -0.1) is 0 Å². The number of carboxylic acid groups (broad SMARTS) is 1. The van der Waals surface area contributed by atoms with Crippen molar-refractivity contribution in [2.45, 2.75) is 13.0 Å². The van der Waals surface area contributed by atoms with Crippen molar-refractivity contribution in [1.29, 1.82) is 0 Å². The summed E-state index contributed by atoms with van der Waals surface area (Å²) >= 11 is 16.7. The highest BCUT2D eigenvalue weighted by Crippen LogP contribution is 2.32. The summed E-state index contributed by atoms with van der Waals surface area (Å²) in [6.07, 6.45) is 0.700. The number of carboxylic acids is 1. The molecule has 172 valence electrons. The van der Waals surface area contributed by atoms with Gasteiger partial charge in [0.1, 0.15) is 13.2 Å². The van der Waals surface area contributed by atoms with E-state index in [2.05, 4.69) is 50.2 Å². The summed E-state index contributed by atoms with van der Waals surface area (Å²) in [5.41, 5.74) is 3.81. The molecule has 5 nitrogen and oxygen atoms in total. The van der Waals surface area contributed by atoms with E-state index in [1.807, 2.05) is 24.3 Å². The van der Waals surface area contributed by atoms with Gasteiger partial charge < -0.3 is 14.6 Å². The number of ether oxygens (including phenoxy) is 2. The van der Waals surface area contributed by atoms with Gasteiger partial charge in [-0.2, -0.15) is 0 Å². The molecule has 0 saturated heterocycles. The van der Waals surface area contributed by atoms with E-state index in [9.17, 15) is 9.90 Å². The van der Waals surface area contributed by atoms with Crippen molar-refractivity contribution in [3.05, 3.63) is 87.4 Å². The lowest BCUT2D eigenvalue weighted by Gasteiger charge is -2.14. The fourth-order valence-corrected chi connectivity index (χ4v) is 3.57. The van der Waals surface area contributed by atoms with Crippen LogP contribution in [0.15, 0.2) is 65.7 Å². The highest BCUT2D eigenvalue weighted by atomic mass is 127. The van der Waals surface area contributed by atoms with Gasteiger partial charge in [-0.1, -0.05) is 92.6 Å². The molecule has 0 atom stereocenters. The molecule has 0 bridgehead atoms. The molecule has 0 aliphatic carbocycles. The number of hydrogen-bond donors (Lipinski definition) is 1. The van der Waals surface area contributed by atoms with Crippen LogP contribution in [0.5, 0.6) is 11.5 Å². The van der Waals surface area contributed by atoms with E-state index < -0.39 is 5.97 Å². The number of carbonyl (C=O) groups is 1. The summed E-state index contributed by atoms with van der Waals surface area (Å²) in [5, 5.41) is 10.3. The van der Waals surface area contributed by atoms with Gasteiger partial charge in [0, 0.05) is 22.0 Å². The summed E-state index contributed by atoms with van der Waals surface area (Å²) < 4.78 is 13.0. The summed E-state index contributed by atoms with van der Waals surface area (Å²) in [5.74, 6) is -0.293. The average molecular weight is 710 g/mol. The molecule has 0 saturated carbocycles. The molecule has 1 N–H and O–H groups in total. The molecule has 3 aromatic rings. The Morgan fingerprint density at radius 3 is 2.39 bits per heavy atom. The maximum atomic E-state index is 11.4. The van der Waals surface area contributed by atoms with Crippen LogP contribution in [0.25, 0.3) is 0 Å². The molecule has 9 heteroatoms. The second-order valence-electron chi connectivity index (χ2n) is 6.86. The summed E-state index contributed by atoms with van der Waals surface area (Å²) in [7, 11) is 0. The smallest absolute Gasteiger partial charge is 0.335 e. The zero-order chi connectivity index (χ0) is 23.8. The van der Waals surface area contributed by atoms with Gasteiger partial charge in [-0.05, 0) is 42.0 Å². The number of aliphatic imine (C=N–C) groups is 1. The Labute approximate surface area is 229 Å². The number of hydrogen-bond acceptors (Lipinski definition) is 4. The first-order chi connectivity index (χ1) is 15.9. The highest BCUT2D eigenvalue weighted by molar-refractivity contribution is 14.2. The van der Waals surface area contributed by atoms with E-state index in [4.69, 9.17) is 32.7 Å². The summed E-state index contributed by atoms with van der Waals surface area (Å²) in [6.45, 7) is 0.418. The minimum absolute atomic E-state index is 0.110. The van der Waals surface area contributed by atoms with Gasteiger partial charge in [0.2, 0.25) is 0 Å². The topological polar surface area (TPSA) is 68.1 Å². The average Bonchev–Trinajstić information content (AvgIpc) is 3.21. The second-order valence-corrected chi connectivity index (χ2v) is 12.2. The van der Waals surface area contributed by atoms with E-state index in [0.29, 0.717) is 28.0 Å². The third-order valence-corrected chi connectivity index (χ3v) is 5.23. The van der Waals surface area contributed by atoms with Crippen LogP contribution in [0.2, 0.25) is 10.0 Å². The van der Waals surface area contributed by atoms with Crippen LogP contribution in [0, 0.1) is 0 Å². The van der Waals surface area contributed by atoms with E-state index in [1.54, 1.807) is 24.3 Å². The number of alkyl halides is 2. The lowest BCUT2D eigenvalue weighted by Crippen LogP contribution is -2.12. The number of benzene rings is 3. The zero-order valence-electron chi connectivity index (χ0n) is 17.2. The number of nitrogens with zero attached hydrogens (tertiary/aromatic N) is 1. The first-order valence-electron chi connectivity index (χ1n) is 9.74. The molecule has 1 heterocycles. The van der Waals surface area contributed by atoms with Crippen LogP contribution in [0.4, 0.5) is 5.69 Å². The highest BCUT2D eigenvalue weighted by Gasteiger charge is 2.17. The molecule has 0 aromatic heterocycles. The molecule has 0 amide bonds. The van der Waals surface area contributed by atoms with Crippen molar-refractivity contribution in [3.63, 3.8) is 0 Å². The van der Waals surface area contributed by atoms with Crippen molar-refractivity contribution in [1.82, 2.24) is 0 Å². The summed E-state index contributed by atoms with van der Waals surface area (Å²) in [4.78, 5) is 16.0. The Morgan fingerprint density at radius 2 is 1.70 bits per heavy atom. The Morgan fingerprint density at radius 1 is 0.970 bits per heavy atom. The normalized spacial score (nSPS) is 11.7. The van der Waals surface area contributed by atoms with Gasteiger partial charge >= 0.3 is 5.97 Å². The fraction of sp³-hybridized carbons (Fsp3) is 0.167. The van der Waals surface area contributed by atoms with Crippen LogP contribution < -0.4 is 9.47 Å². The first-order valence-corrected chi connectivity index (χ1v) is 13.5. The van der Waals surface area contributed by atoms with Gasteiger partial charge in [0.25, 0.3) is 0 Å². The molecule has 0 radical (unpaired) electrons. The quantitative estimate of drug-likeness (QED) is 0.201. The van der Waals surface area contributed by atoms with Crippen LogP contribution in [-0.4, -0.2) is 25.8 Å². The minimum atomic E-state index is -1.04. The fourth-order valence-electron chi connectivity index (χ4n) is 3.11. The Hall–Kier alpha value is -1.56.